The van der Waals surface area contributed by atoms with Crippen LogP contribution in [0.1, 0.15) is 87.1 Å². The maximum atomic E-state index is 11.2. The number of methoxy groups -OCH3 is 1. The third kappa shape index (κ3) is 21.5. The highest BCUT2D eigenvalue weighted by atomic mass is 16.5. The van der Waals surface area contributed by atoms with Crippen LogP contribution < -0.4 is 27.3 Å². The first-order valence-corrected chi connectivity index (χ1v) is 14.7. The van der Waals surface area contributed by atoms with Crippen molar-refractivity contribution in [3.63, 3.8) is 0 Å². The molecule has 1 fully saturated rings. The summed E-state index contributed by atoms with van der Waals surface area (Å²) in [6.07, 6.45) is 11.0. The van der Waals surface area contributed by atoms with Crippen molar-refractivity contribution in [2.45, 2.75) is 89.6 Å². The Balaban J connectivity index is 0.000000562. The Labute approximate surface area is 255 Å². The van der Waals surface area contributed by atoms with Crippen LogP contribution in [-0.4, -0.2) is 60.1 Å². The summed E-state index contributed by atoms with van der Waals surface area (Å²) in [5, 5.41) is 19.5. The second-order valence-electron chi connectivity index (χ2n) is 10.1. The van der Waals surface area contributed by atoms with Gasteiger partial charge in [0.15, 0.2) is 0 Å². The van der Waals surface area contributed by atoms with Crippen LogP contribution in [0.4, 0.5) is 5.69 Å². The number of amides is 1. The molecule has 1 amide bonds. The summed E-state index contributed by atoms with van der Waals surface area (Å²) < 4.78 is 4.93. The van der Waals surface area contributed by atoms with E-state index >= 15 is 0 Å². The van der Waals surface area contributed by atoms with Crippen LogP contribution in [0.15, 0.2) is 48.5 Å². The van der Waals surface area contributed by atoms with Crippen LogP contribution >= 0.6 is 0 Å². The highest BCUT2D eigenvalue weighted by molar-refractivity contribution is 5.91. The Morgan fingerprint density at radius 3 is 2.02 bits per heavy atom. The number of carbonyl (C=O) groups is 4. The van der Waals surface area contributed by atoms with E-state index in [1.807, 2.05) is 6.92 Å². The Morgan fingerprint density at radius 1 is 1.00 bits per heavy atom. The largest absolute Gasteiger partial charge is 0.497 e. The van der Waals surface area contributed by atoms with E-state index < -0.39 is 18.0 Å². The molecule has 1 atom stereocenters. The fraction of sp³-hybridized carbons (Fsp3) is 0.500. The number of nitrogens with one attached hydrogen (secondary N) is 1. The molecule has 2 aromatic carbocycles. The molecule has 9 N–H and O–H groups in total. The third-order valence-corrected chi connectivity index (χ3v) is 6.26. The lowest BCUT2D eigenvalue weighted by molar-refractivity contribution is -0.139. The molecule has 2 aromatic rings. The van der Waals surface area contributed by atoms with Crippen molar-refractivity contribution in [1.29, 1.82) is 0 Å². The van der Waals surface area contributed by atoms with E-state index in [4.69, 9.17) is 32.2 Å². The number of aliphatic carboxylic acids is 2. The van der Waals surface area contributed by atoms with E-state index in [0.717, 1.165) is 42.5 Å². The van der Waals surface area contributed by atoms with Crippen molar-refractivity contribution in [3.8, 4) is 5.75 Å². The number of rotatable bonds is 12. The maximum Gasteiger partial charge on any atom is 0.320 e. The average molecular weight is 603 g/mol. The molecule has 0 bridgehead atoms. The lowest BCUT2D eigenvalue weighted by Gasteiger charge is -2.15. The molecule has 1 aliphatic rings. The number of nitrogens with two attached hydrogens (primary N) is 3. The van der Waals surface area contributed by atoms with Gasteiger partial charge in [-0.3, -0.25) is 19.2 Å². The lowest BCUT2D eigenvalue weighted by Crippen LogP contribution is -2.29. The second-order valence-corrected chi connectivity index (χ2v) is 10.1. The molecule has 0 aromatic heterocycles. The average Bonchev–Trinajstić information content (AvgIpc) is 2.99. The van der Waals surface area contributed by atoms with E-state index in [1.165, 1.54) is 32.1 Å². The molecule has 240 valence electrons. The van der Waals surface area contributed by atoms with Crippen molar-refractivity contribution in [3.05, 3.63) is 59.7 Å². The van der Waals surface area contributed by atoms with Crippen molar-refractivity contribution < 1.29 is 34.1 Å². The van der Waals surface area contributed by atoms with Gasteiger partial charge in [-0.25, -0.2) is 0 Å². The quantitative estimate of drug-likeness (QED) is 0.149. The number of carbonyl (C=O) groups excluding carboxylic acids is 2. The van der Waals surface area contributed by atoms with Crippen molar-refractivity contribution >= 4 is 29.8 Å². The number of ether oxygens (including phenoxy) is 1. The summed E-state index contributed by atoms with van der Waals surface area (Å²) in [4.78, 5) is 42.0. The molecule has 3 rings (SSSR count). The summed E-state index contributed by atoms with van der Waals surface area (Å²) in [6, 6.07) is 13.6. The topological polar surface area (TPSA) is 208 Å². The summed E-state index contributed by atoms with van der Waals surface area (Å²) in [6.45, 7) is 2.56. The van der Waals surface area contributed by atoms with Gasteiger partial charge in [-0.05, 0) is 80.6 Å². The van der Waals surface area contributed by atoms with E-state index in [-0.39, 0.29) is 12.3 Å². The first-order chi connectivity index (χ1) is 20.6. The van der Waals surface area contributed by atoms with Gasteiger partial charge in [0.05, 0.1) is 13.5 Å². The van der Waals surface area contributed by atoms with Crippen LogP contribution in [0.3, 0.4) is 0 Å². The highest BCUT2D eigenvalue weighted by Gasteiger charge is 2.09. The van der Waals surface area contributed by atoms with Crippen molar-refractivity contribution in [2.24, 2.45) is 17.2 Å². The molecule has 43 heavy (non-hydrogen) atoms. The minimum atomic E-state index is -0.933. The highest BCUT2D eigenvalue weighted by Crippen LogP contribution is 2.15. The third-order valence-electron chi connectivity index (χ3n) is 6.26. The predicted octanol–water partition coefficient (Wildman–Crippen LogP) is 4.37. The molecule has 11 heteroatoms. The number of carboxylic acid groups (broad SMARTS) is 2. The summed E-state index contributed by atoms with van der Waals surface area (Å²) in [7, 11) is 1.58. The molecule has 1 aliphatic carbocycles. The van der Waals surface area contributed by atoms with Crippen LogP contribution in [0.5, 0.6) is 5.75 Å². The number of anilines is 1. The Bertz CT molecular complexity index is 1040. The molecular weight excluding hydrogens is 552 g/mol. The number of carboxylic acids is 2. The molecular formula is C32H50N4O7. The monoisotopic (exact) mass is 602 g/mol. The van der Waals surface area contributed by atoms with Gasteiger partial charge in [0.1, 0.15) is 18.1 Å². The zero-order chi connectivity index (χ0) is 32.5. The number of hydrogen-bond donors (Lipinski definition) is 6. The minimum Gasteiger partial charge on any atom is -0.497 e. The summed E-state index contributed by atoms with van der Waals surface area (Å²) in [5.74, 6) is -1.01. The molecule has 0 unspecified atom stereocenters. The lowest BCUT2D eigenvalue weighted by atomic mass is 9.97. The normalized spacial score (nSPS) is 12.9. The van der Waals surface area contributed by atoms with Crippen LogP contribution in [-0.2, 0) is 20.8 Å². The fourth-order valence-corrected chi connectivity index (χ4v) is 3.78. The van der Waals surface area contributed by atoms with Gasteiger partial charge >= 0.3 is 11.9 Å². The Morgan fingerprint density at radius 2 is 1.60 bits per heavy atom. The zero-order valence-corrected chi connectivity index (χ0v) is 25.5. The van der Waals surface area contributed by atoms with E-state index in [2.05, 4.69) is 5.32 Å². The summed E-state index contributed by atoms with van der Waals surface area (Å²) >= 11 is 0. The molecule has 0 aliphatic heterocycles. The van der Waals surface area contributed by atoms with E-state index in [0.29, 0.717) is 31.0 Å². The number of hydrogen-bond acceptors (Lipinski definition) is 8. The molecule has 1 saturated carbocycles. The van der Waals surface area contributed by atoms with Crippen molar-refractivity contribution in [2.75, 3.05) is 19.0 Å². The molecule has 0 heterocycles. The van der Waals surface area contributed by atoms with Gasteiger partial charge in [-0.2, -0.15) is 0 Å². The van der Waals surface area contributed by atoms with Gasteiger partial charge < -0.3 is 37.5 Å². The fourth-order valence-electron chi connectivity index (χ4n) is 3.78. The zero-order valence-electron chi connectivity index (χ0n) is 25.5. The Hall–Kier alpha value is -3.80. The van der Waals surface area contributed by atoms with Gasteiger partial charge in [0.2, 0.25) is 5.91 Å². The number of aldehydes is 1. The van der Waals surface area contributed by atoms with Gasteiger partial charge in [-0.15, -0.1) is 0 Å². The van der Waals surface area contributed by atoms with Crippen LogP contribution in [0, 0.1) is 0 Å². The number of benzene rings is 2. The van der Waals surface area contributed by atoms with E-state index in [1.54, 1.807) is 55.6 Å². The van der Waals surface area contributed by atoms with E-state index in [9.17, 15) is 19.2 Å². The molecule has 0 radical (unpaired) electrons. The maximum absolute atomic E-state index is 11.2. The molecule has 0 saturated heterocycles. The van der Waals surface area contributed by atoms with Crippen LogP contribution in [0.2, 0.25) is 0 Å². The predicted molar refractivity (Wildman–Crippen MR) is 169 cm³/mol. The smallest absolute Gasteiger partial charge is 0.320 e. The first-order valence-electron chi connectivity index (χ1n) is 14.7. The molecule has 11 nitrogen and oxygen atoms in total. The first kappa shape index (κ1) is 39.2. The van der Waals surface area contributed by atoms with Crippen molar-refractivity contribution in [1.82, 2.24) is 0 Å². The SMILES string of the molecule is CCCC(=O)Nc1ccc(C=O)cc1.COc1ccc(CC(=O)O)cc1.NC1CCCCC1.NCCCC[C@H](N)C(=O)O. The second kappa shape index (κ2) is 24.8. The number of unbranched alkanes of at least 4 members (excludes halogenated alkanes) is 1. The van der Waals surface area contributed by atoms with Crippen LogP contribution in [0.25, 0.3) is 0 Å². The minimum absolute atomic E-state index is 0.00588. The molecule has 0 spiro atoms. The van der Waals surface area contributed by atoms with Gasteiger partial charge in [0, 0.05) is 23.7 Å². The van der Waals surface area contributed by atoms with Gasteiger partial charge in [-0.1, -0.05) is 44.7 Å². The Kier molecular flexibility index (Phi) is 22.6. The standard InChI is InChI=1S/C11H13NO2.C9H10O3.C6H14N2O2.C6H13N/c1-2-3-11(14)12-10-6-4-9(8-13)5-7-10;1-12-8-4-2-7(3-5-8)6-9(10)11;7-4-2-1-3-5(8)6(9)10;7-6-4-2-1-3-5-6/h4-8H,2-3H2,1H3,(H,12,14);2-5H,6H2,1H3,(H,10,11);5H,1-4,7-8H2,(H,9,10);6H,1-5,7H2/t;;5-;/m..0./s1. The van der Waals surface area contributed by atoms with Gasteiger partial charge in [0.25, 0.3) is 0 Å². The summed E-state index contributed by atoms with van der Waals surface area (Å²) in [5.41, 5.74) is 18.2.